The first-order chi connectivity index (χ1) is 10.8. The smallest absolute Gasteiger partial charge is 0.0949 e. The van der Waals surface area contributed by atoms with Crippen LogP contribution < -0.4 is 0 Å². The van der Waals surface area contributed by atoms with E-state index in [0.717, 1.165) is 24.0 Å². The van der Waals surface area contributed by atoms with Gasteiger partial charge in [0.2, 0.25) is 0 Å². The van der Waals surface area contributed by atoms with E-state index in [0.29, 0.717) is 12.8 Å². The van der Waals surface area contributed by atoms with Crippen molar-refractivity contribution in [2.75, 3.05) is 0 Å². The van der Waals surface area contributed by atoms with Gasteiger partial charge in [0.05, 0.1) is 11.2 Å². The molecule has 0 saturated carbocycles. The molecule has 0 bridgehead atoms. The number of hydrogen-bond donors (Lipinski definition) is 2. The van der Waals surface area contributed by atoms with E-state index in [1.54, 1.807) is 0 Å². The second-order valence-electron chi connectivity index (χ2n) is 7.18. The quantitative estimate of drug-likeness (QED) is 0.714. The Bertz CT molecular complexity index is 551. The molecular formula is C21H28O2. The van der Waals surface area contributed by atoms with E-state index in [9.17, 15) is 10.2 Å². The third-order valence-corrected chi connectivity index (χ3v) is 5.38. The van der Waals surface area contributed by atoms with Crippen molar-refractivity contribution in [1.82, 2.24) is 0 Å². The van der Waals surface area contributed by atoms with Gasteiger partial charge in [0.25, 0.3) is 0 Å². The number of rotatable bonds is 6. The monoisotopic (exact) mass is 312 g/mol. The molecule has 0 heterocycles. The van der Waals surface area contributed by atoms with Crippen LogP contribution in [0.1, 0.15) is 39.5 Å². The van der Waals surface area contributed by atoms with Gasteiger partial charge in [-0.1, -0.05) is 73.6 Å². The Morgan fingerprint density at radius 2 is 1.35 bits per heavy atom. The van der Waals surface area contributed by atoms with Gasteiger partial charge in [-0.15, -0.1) is 13.2 Å². The van der Waals surface area contributed by atoms with Crippen LogP contribution in [0.2, 0.25) is 0 Å². The number of allylic oxidation sites excluding steroid dienone is 6. The van der Waals surface area contributed by atoms with Gasteiger partial charge >= 0.3 is 0 Å². The maximum Gasteiger partial charge on any atom is 0.0949 e. The zero-order valence-corrected chi connectivity index (χ0v) is 14.3. The lowest BCUT2D eigenvalue weighted by molar-refractivity contribution is -0.135. The fourth-order valence-corrected chi connectivity index (χ4v) is 3.50. The highest BCUT2D eigenvalue weighted by atomic mass is 16.3. The zero-order chi connectivity index (χ0) is 17.1. The highest BCUT2D eigenvalue weighted by Crippen LogP contribution is 2.50. The molecule has 2 N–H and O–H groups in total. The van der Waals surface area contributed by atoms with E-state index in [1.165, 1.54) is 0 Å². The predicted octanol–water partition coefficient (Wildman–Crippen LogP) is 4.40. The summed E-state index contributed by atoms with van der Waals surface area (Å²) in [4.78, 5) is 0. The highest BCUT2D eigenvalue weighted by molar-refractivity contribution is 5.35. The Balaban J connectivity index is 2.30. The molecule has 0 aromatic heterocycles. The molecule has 2 atom stereocenters. The lowest BCUT2D eigenvalue weighted by atomic mass is 9.58. The fourth-order valence-electron chi connectivity index (χ4n) is 3.50. The lowest BCUT2D eigenvalue weighted by Crippen LogP contribution is -2.58. The van der Waals surface area contributed by atoms with Crippen molar-refractivity contribution in [2.24, 2.45) is 5.41 Å². The van der Waals surface area contributed by atoms with Crippen molar-refractivity contribution in [3.63, 3.8) is 0 Å². The molecule has 0 aromatic rings. The molecule has 0 aliphatic heterocycles. The average molecular weight is 312 g/mol. The molecule has 0 saturated heterocycles. The van der Waals surface area contributed by atoms with Crippen molar-refractivity contribution in [1.29, 1.82) is 0 Å². The molecule has 2 nitrogen and oxygen atoms in total. The summed E-state index contributed by atoms with van der Waals surface area (Å²) in [6.07, 6.45) is 17.7. The van der Waals surface area contributed by atoms with Crippen LogP contribution in [0, 0.1) is 5.41 Å². The normalized spacial score (nSPS) is 30.6. The van der Waals surface area contributed by atoms with Crippen molar-refractivity contribution < 1.29 is 10.2 Å². The predicted molar refractivity (Wildman–Crippen MR) is 97.0 cm³/mol. The molecule has 0 aromatic carbocycles. The average Bonchev–Trinajstić information content (AvgIpc) is 2.48. The van der Waals surface area contributed by atoms with Crippen molar-refractivity contribution in [3.05, 3.63) is 72.9 Å². The fraction of sp³-hybridized carbons (Fsp3) is 0.429. The van der Waals surface area contributed by atoms with E-state index in [1.807, 2.05) is 62.5 Å². The minimum Gasteiger partial charge on any atom is -0.385 e. The molecule has 2 unspecified atom stereocenters. The van der Waals surface area contributed by atoms with Crippen LogP contribution >= 0.6 is 0 Å². The van der Waals surface area contributed by atoms with Crippen LogP contribution in [0.5, 0.6) is 0 Å². The van der Waals surface area contributed by atoms with Crippen LogP contribution in [0.15, 0.2) is 72.9 Å². The van der Waals surface area contributed by atoms with Gasteiger partial charge in [0, 0.05) is 18.3 Å². The van der Waals surface area contributed by atoms with Crippen molar-refractivity contribution in [2.45, 2.75) is 50.7 Å². The van der Waals surface area contributed by atoms with Crippen molar-refractivity contribution in [3.8, 4) is 0 Å². The minimum atomic E-state index is -1.10. The molecule has 2 rings (SSSR count). The molecule has 0 spiro atoms. The Labute approximate surface area is 139 Å². The van der Waals surface area contributed by atoms with Gasteiger partial charge in [-0.05, 0) is 12.8 Å². The molecule has 2 heteroatoms. The summed E-state index contributed by atoms with van der Waals surface area (Å²) < 4.78 is 0. The van der Waals surface area contributed by atoms with Crippen LogP contribution in [-0.2, 0) is 0 Å². The summed E-state index contributed by atoms with van der Waals surface area (Å²) >= 11 is 0. The van der Waals surface area contributed by atoms with Gasteiger partial charge in [-0.3, -0.25) is 0 Å². The molecule has 0 amide bonds. The standard InChI is InChI=1S/C21H28O2/c1-5-9-17-11-7-13-20(22,15-17)19(3,4)21(23)14-8-12-18(16-21)10-6-2/h5-8,11-14,22-23H,1-2,9-10,15-16H2,3-4H3. The topological polar surface area (TPSA) is 40.5 Å². The van der Waals surface area contributed by atoms with E-state index < -0.39 is 16.6 Å². The largest absolute Gasteiger partial charge is 0.385 e. The second kappa shape index (κ2) is 6.46. The van der Waals surface area contributed by atoms with Crippen LogP contribution in [0.25, 0.3) is 0 Å². The molecule has 23 heavy (non-hydrogen) atoms. The van der Waals surface area contributed by atoms with E-state index in [-0.39, 0.29) is 0 Å². The van der Waals surface area contributed by atoms with E-state index in [4.69, 9.17) is 0 Å². The maximum atomic E-state index is 11.3. The molecule has 2 aliphatic rings. The van der Waals surface area contributed by atoms with Crippen LogP contribution in [-0.4, -0.2) is 21.4 Å². The van der Waals surface area contributed by atoms with Crippen LogP contribution in [0.4, 0.5) is 0 Å². The molecule has 2 aliphatic carbocycles. The maximum absolute atomic E-state index is 11.3. The Morgan fingerprint density at radius 3 is 1.70 bits per heavy atom. The van der Waals surface area contributed by atoms with Crippen LogP contribution in [0.3, 0.4) is 0 Å². The summed E-state index contributed by atoms with van der Waals surface area (Å²) in [5.41, 5.74) is -0.688. The molecule has 0 radical (unpaired) electrons. The number of aliphatic hydroxyl groups is 2. The summed E-state index contributed by atoms with van der Waals surface area (Å²) in [5, 5.41) is 22.7. The SMILES string of the molecule is C=CCC1=CC=CC(O)(C(C)(C)C2(O)C=CC=C(CC=C)C2)C1. The third-order valence-electron chi connectivity index (χ3n) is 5.38. The Morgan fingerprint density at radius 1 is 0.957 bits per heavy atom. The van der Waals surface area contributed by atoms with Gasteiger partial charge in [0.1, 0.15) is 0 Å². The summed E-state index contributed by atoms with van der Waals surface area (Å²) in [7, 11) is 0. The first-order valence-corrected chi connectivity index (χ1v) is 8.19. The minimum absolute atomic E-state index is 0.513. The first kappa shape index (κ1) is 17.7. The van der Waals surface area contributed by atoms with Gasteiger partial charge in [-0.2, -0.15) is 0 Å². The third kappa shape index (κ3) is 3.19. The van der Waals surface area contributed by atoms with Gasteiger partial charge in [-0.25, -0.2) is 0 Å². The Hall–Kier alpha value is -1.64. The lowest BCUT2D eigenvalue weighted by Gasteiger charge is -2.52. The summed E-state index contributed by atoms with van der Waals surface area (Å²) in [5.74, 6) is 0. The number of hydrogen-bond acceptors (Lipinski definition) is 2. The van der Waals surface area contributed by atoms with Gasteiger partial charge < -0.3 is 10.2 Å². The molecule has 124 valence electrons. The zero-order valence-electron chi connectivity index (χ0n) is 14.3. The summed E-state index contributed by atoms with van der Waals surface area (Å²) in [6, 6.07) is 0. The molecular weight excluding hydrogens is 284 g/mol. The first-order valence-electron chi connectivity index (χ1n) is 8.19. The van der Waals surface area contributed by atoms with Gasteiger partial charge in [0.15, 0.2) is 0 Å². The molecule has 0 fully saturated rings. The Kier molecular flexibility index (Phi) is 4.98. The van der Waals surface area contributed by atoms with E-state index >= 15 is 0 Å². The highest BCUT2D eigenvalue weighted by Gasteiger charge is 2.54. The summed E-state index contributed by atoms with van der Waals surface area (Å²) in [6.45, 7) is 11.4. The second-order valence-corrected chi connectivity index (χ2v) is 7.18. The van der Waals surface area contributed by atoms with Crippen molar-refractivity contribution >= 4 is 0 Å². The van der Waals surface area contributed by atoms with E-state index in [2.05, 4.69) is 13.2 Å².